The molecule has 0 saturated heterocycles. The fourth-order valence-electron chi connectivity index (χ4n) is 1.98. The van der Waals surface area contributed by atoms with Gasteiger partial charge in [-0.25, -0.2) is 0 Å². The highest BCUT2D eigenvalue weighted by atomic mass is 79.9. The first-order chi connectivity index (χ1) is 8.58. The highest BCUT2D eigenvalue weighted by molar-refractivity contribution is 9.10. The molecular weight excluding hydrogens is 290 g/mol. The van der Waals surface area contributed by atoms with Crippen LogP contribution in [0.1, 0.15) is 40.0 Å². The van der Waals surface area contributed by atoms with E-state index in [1.54, 1.807) is 7.11 Å². The van der Waals surface area contributed by atoms with Gasteiger partial charge in [-0.2, -0.15) is 0 Å². The van der Waals surface area contributed by atoms with Crippen LogP contribution in [0.4, 0.5) is 5.69 Å². The normalized spacial score (nSPS) is 14.1. The van der Waals surface area contributed by atoms with E-state index >= 15 is 0 Å². The van der Waals surface area contributed by atoms with Crippen LogP contribution in [-0.2, 0) is 0 Å². The average Bonchev–Trinajstić information content (AvgIpc) is 2.36. The van der Waals surface area contributed by atoms with E-state index < -0.39 is 0 Å². The molecule has 0 aliphatic carbocycles. The minimum Gasteiger partial charge on any atom is -0.497 e. The van der Waals surface area contributed by atoms with E-state index in [0.717, 1.165) is 28.2 Å². The first kappa shape index (κ1) is 15.4. The van der Waals surface area contributed by atoms with Crippen molar-refractivity contribution in [2.45, 2.75) is 46.1 Å². The summed E-state index contributed by atoms with van der Waals surface area (Å²) in [5.74, 6) is 1.64. The van der Waals surface area contributed by atoms with Crippen LogP contribution >= 0.6 is 15.9 Å². The van der Waals surface area contributed by atoms with Crippen molar-refractivity contribution < 1.29 is 4.74 Å². The number of hydrogen-bond donors (Lipinski definition) is 1. The van der Waals surface area contributed by atoms with Gasteiger partial charge in [0.1, 0.15) is 5.75 Å². The zero-order chi connectivity index (χ0) is 13.5. The van der Waals surface area contributed by atoms with Gasteiger partial charge in [-0.1, -0.05) is 43.1 Å². The first-order valence-electron chi connectivity index (χ1n) is 6.70. The van der Waals surface area contributed by atoms with Crippen molar-refractivity contribution in [3.05, 3.63) is 22.7 Å². The largest absolute Gasteiger partial charge is 0.497 e. The first-order valence-corrected chi connectivity index (χ1v) is 7.49. The van der Waals surface area contributed by atoms with Crippen molar-refractivity contribution in [2.24, 2.45) is 5.92 Å². The Kier molecular flexibility index (Phi) is 6.55. The molecule has 0 aromatic heterocycles. The number of benzene rings is 1. The second-order valence-electron chi connectivity index (χ2n) is 4.88. The van der Waals surface area contributed by atoms with Gasteiger partial charge in [0, 0.05) is 22.3 Å². The van der Waals surface area contributed by atoms with Gasteiger partial charge in [0.05, 0.1) is 7.11 Å². The molecule has 1 aromatic carbocycles. The van der Waals surface area contributed by atoms with E-state index in [1.165, 1.54) is 12.8 Å². The standard InChI is InChI=1S/C15H24BrNO/c1-5-11(3)7-13(6-2)17-14-8-12(16)9-15(10-14)18-4/h8-11,13,17H,5-7H2,1-4H3. The number of halogens is 1. The van der Waals surface area contributed by atoms with Crippen molar-refractivity contribution in [1.82, 2.24) is 0 Å². The summed E-state index contributed by atoms with van der Waals surface area (Å²) < 4.78 is 6.33. The van der Waals surface area contributed by atoms with E-state index in [1.807, 2.05) is 12.1 Å². The molecule has 1 rings (SSSR count). The molecule has 0 amide bonds. The molecule has 2 nitrogen and oxygen atoms in total. The number of nitrogens with one attached hydrogen (secondary N) is 1. The van der Waals surface area contributed by atoms with E-state index in [-0.39, 0.29) is 0 Å². The van der Waals surface area contributed by atoms with Gasteiger partial charge >= 0.3 is 0 Å². The quantitative estimate of drug-likeness (QED) is 0.757. The Morgan fingerprint density at radius 1 is 1.22 bits per heavy atom. The van der Waals surface area contributed by atoms with E-state index in [9.17, 15) is 0 Å². The Hall–Kier alpha value is -0.700. The van der Waals surface area contributed by atoms with Crippen molar-refractivity contribution >= 4 is 21.6 Å². The fourth-order valence-corrected chi connectivity index (χ4v) is 2.45. The van der Waals surface area contributed by atoms with Crippen molar-refractivity contribution in [3.63, 3.8) is 0 Å². The molecule has 0 bridgehead atoms. The summed E-state index contributed by atoms with van der Waals surface area (Å²) in [6.07, 6.45) is 3.58. The summed E-state index contributed by atoms with van der Waals surface area (Å²) in [5.41, 5.74) is 1.12. The van der Waals surface area contributed by atoms with Gasteiger partial charge in [0.15, 0.2) is 0 Å². The smallest absolute Gasteiger partial charge is 0.122 e. The lowest BCUT2D eigenvalue weighted by Crippen LogP contribution is -2.21. The third-order valence-corrected chi connectivity index (χ3v) is 3.81. The van der Waals surface area contributed by atoms with Crippen LogP contribution in [0.15, 0.2) is 22.7 Å². The molecule has 0 spiro atoms. The van der Waals surface area contributed by atoms with Gasteiger partial charge in [-0.3, -0.25) is 0 Å². The maximum absolute atomic E-state index is 5.28. The molecule has 0 aliphatic heterocycles. The molecular formula is C15H24BrNO. The Morgan fingerprint density at radius 2 is 1.94 bits per heavy atom. The van der Waals surface area contributed by atoms with Gasteiger partial charge in [0.2, 0.25) is 0 Å². The zero-order valence-electron chi connectivity index (χ0n) is 11.8. The van der Waals surface area contributed by atoms with Crippen LogP contribution in [0.3, 0.4) is 0 Å². The van der Waals surface area contributed by atoms with Crippen molar-refractivity contribution in [3.8, 4) is 5.75 Å². The highest BCUT2D eigenvalue weighted by Gasteiger charge is 2.11. The Morgan fingerprint density at radius 3 is 2.50 bits per heavy atom. The number of rotatable bonds is 7. The second kappa shape index (κ2) is 7.67. The number of anilines is 1. The van der Waals surface area contributed by atoms with Crippen LogP contribution in [0.5, 0.6) is 5.75 Å². The highest BCUT2D eigenvalue weighted by Crippen LogP contribution is 2.26. The minimum absolute atomic E-state index is 0.527. The lowest BCUT2D eigenvalue weighted by Gasteiger charge is -2.22. The summed E-state index contributed by atoms with van der Waals surface area (Å²) in [7, 11) is 1.70. The molecule has 1 aromatic rings. The van der Waals surface area contributed by atoms with Crippen molar-refractivity contribution in [2.75, 3.05) is 12.4 Å². The average molecular weight is 314 g/mol. The number of hydrogen-bond acceptors (Lipinski definition) is 2. The fraction of sp³-hybridized carbons (Fsp3) is 0.600. The molecule has 2 unspecified atom stereocenters. The number of ether oxygens (including phenoxy) is 1. The summed E-state index contributed by atoms with van der Waals surface area (Å²) in [5, 5.41) is 3.60. The Balaban J connectivity index is 2.71. The summed E-state index contributed by atoms with van der Waals surface area (Å²) in [6.45, 7) is 6.79. The second-order valence-corrected chi connectivity index (χ2v) is 5.79. The van der Waals surface area contributed by atoms with Crippen molar-refractivity contribution in [1.29, 1.82) is 0 Å². The van der Waals surface area contributed by atoms with E-state index in [0.29, 0.717) is 6.04 Å². The monoisotopic (exact) mass is 313 g/mol. The Labute approximate surface area is 119 Å². The summed E-state index contributed by atoms with van der Waals surface area (Å²) in [6, 6.07) is 6.64. The van der Waals surface area contributed by atoms with Crippen LogP contribution in [0, 0.1) is 5.92 Å². The third kappa shape index (κ3) is 4.89. The van der Waals surface area contributed by atoms with Gasteiger partial charge in [-0.05, 0) is 30.9 Å². The summed E-state index contributed by atoms with van der Waals surface area (Å²) in [4.78, 5) is 0. The van der Waals surface area contributed by atoms with E-state index in [2.05, 4.69) is 48.1 Å². The van der Waals surface area contributed by atoms with Gasteiger partial charge in [-0.15, -0.1) is 0 Å². The number of methoxy groups -OCH3 is 1. The molecule has 0 saturated carbocycles. The molecule has 0 heterocycles. The molecule has 0 radical (unpaired) electrons. The predicted octanol–water partition coefficient (Wildman–Crippen LogP) is 5.08. The Bertz CT molecular complexity index is 368. The van der Waals surface area contributed by atoms with Crippen LogP contribution in [-0.4, -0.2) is 13.2 Å². The molecule has 2 atom stereocenters. The van der Waals surface area contributed by atoms with Gasteiger partial charge < -0.3 is 10.1 Å². The van der Waals surface area contributed by atoms with Gasteiger partial charge in [0.25, 0.3) is 0 Å². The lowest BCUT2D eigenvalue weighted by atomic mass is 9.97. The van der Waals surface area contributed by atoms with E-state index in [4.69, 9.17) is 4.74 Å². The third-order valence-electron chi connectivity index (χ3n) is 3.35. The summed E-state index contributed by atoms with van der Waals surface area (Å²) >= 11 is 3.51. The van der Waals surface area contributed by atoms with Crippen LogP contribution < -0.4 is 10.1 Å². The maximum atomic E-state index is 5.28. The predicted molar refractivity (Wildman–Crippen MR) is 82.5 cm³/mol. The van der Waals surface area contributed by atoms with Crippen LogP contribution in [0.2, 0.25) is 0 Å². The molecule has 1 N–H and O–H groups in total. The van der Waals surface area contributed by atoms with Crippen LogP contribution in [0.25, 0.3) is 0 Å². The molecule has 3 heteroatoms. The zero-order valence-corrected chi connectivity index (χ0v) is 13.4. The molecule has 102 valence electrons. The maximum Gasteiger partial charge on any atom is 0.122 e. The molecule has 0 fully saturated rings. The molecule has 0 aliphatic rings. The molecule has 18 heavy (non-hydrogen) atoms. The lowest BCUT2D eigenvalue weighted by molar-refractivity contribution is 0.414. The minimum atomic E-state index is 0.527. The topological polar surface area (TPSA) is 21.3 Å². The SMILES string of the molecule is CCC(C)CC(CC)Nc1cc(Br)cc(OC)c1.